The van der Waals surface area contributed by atoms with Crippen molar-refractivity contribution >= 4 is 6.09 Å². The van der Waals surface area contributed by atoms with E-state index in [-0.39, 0.29) is 11.6 Å². The maximum Gasteiger partial charge on any atom is 0.410 e. The maximum atomic E-state index is 12.4. The van der Waals surface area contributed by atoms with Crippen LogP contribution in [0, 0.1) is 5.92 Å². The molecule has 150 valence electrons. The number of likely N-dealkylation sites (tertiary alicyclic amines) is 1. The quantitative estimate of drug-likeness (QED) is 0.858. The normalized spacial score (nSPS) is 19.1. The molecule has 1 atom stereocenters. The molecule has 1 saturated heterocycles. The molecule has 2 N–H and O–H groups in total. The summed E-state index contributed by atoms with van der Waals surface area (Å²) in [6.07, 6.45) is 2.74. The topological polar surface area (TPSA) is 99.2 Å². The Hall–Kier alpha value is -1.70. The zero-order valence-electron chi connectivity index (χ0n) is 17.4. The van der Waals surface area contributed by atoms with Crippen LogP contribution in [0.3, 0.4) is 0 Å². The highest BCUT2D eigenvalue weighted by Crippen LogP contribution is 2.36. The molecule has 26 heavy (non-hydrogen) atoms. The third kappa shape index (κ3) is 6.23. The number of aromatic nitrogens is 4. The van der Waals surface area contributed by atoms with Crippen LogP contribution in [0.1, 0.15) is 73.6 Å². The molecule has 0 saturated carbocycles. The van der Waals surface area contributed by atoms with E-state index in [4.69, 9.17) is 10.5 Å². The van der Waals surface area contributed by atoms with Gasteiger partial charge in [-0.3, -0.25) is 0 Å². The first-order chi connectivity index (χ1) is 12.1. The van der Waals surface area contributed by atoms with Crippen molar-refractivity contribution in [1.29, 1.82) is 0 Å². The zero-order chi connectivity index (χ0) is 20.0. The van der Waals surface area contributed by atoms with Gasteiger partial charge in [0.25, 0.3) is 0 Å². The summed E-state index contributed by atoms with van der Waals surface area (Å²) >= 11 is 0. The van der Waals surface area contributed by atoms with Gasteiger partial charge in [0.1, 0.15) is 5.60 Å². The molecule has 2 heterocycles. The first-order valence-electron chi connectivity index (χ1n) is 9.58. The molecule has 1 unspecified atom stereocenters. The molecule has 1 amide bonds. The van der Waals surface area contributed by atoms with Crippen LogP contribution in [0.15, 0.2) is 0 Å². The number of nitrogens with zero attached hydrogens (tertiary/aromatic N) is 5. The molecule has 1 fully saturated rings. The molecule has 8 heteroatoms. The Kier molecular flexibility index (Phi) is 7.99. The zero-order valence-corrected chi connectivity index (χ0v) is 17.4. The van der Waals surface area contributed by atoms with Gasteiger partial charge in [-0.2, -0.15) is 0 Å². The summed E-state index contributed by atoms with van der Waals surface area (Å²) < 4.78 is 7.30. The number of amides is 1. The summed E-state index contributed by atoms with van der Waals surface area (Å²) in [6.45, 7) is 15.7. The van der Waals surface area contributed by atoms with Gasteiger partial charge in [0.15, 0.2) is 5.82 Å². The Morgan fingerprint density at radius 1 is 1.35 bits per heavy atom. The highest BCUT2D eigenvalue weighted by molar-refractivity contribution is 5.69. The number of carbonyl (C=O) groups is 1. The summed E-state index contributed by atoms with van der Waals surface area (Å²) in [5.41, 5.74) is 4.96. The van der Waals surface area contributed by atoms with Crippen molar-refractivity contribution in [3.63, 3.8) is 0 Å². The van der Waals surface area contributed by atoms with E-state index in [1.165, 1.54) is 0 Å². The first-order valence-corrected chi connectivity index (χ1v) is 9.58. The number of hydrogen-bond donors (Lipinski definition) is 1. The van der Waals surface area contributed by atoms with Crippen molar-refractivity contribution in [1.82, 2.24) is 25.1 Å². The predicted octanol–water partition coefficient (Wildman–Crippen LogP) is 2.97. The maximum absolute atomic E-state index is 12.4. The van der Waals surface area contributed by atoms with Gasteiger partial charge in [-0.05, 0) is 70.2 Å². The van der Waals surface area contributed by atoms with Gasteiger partial charge in [-0.15, -0.1) is 5.10 Å². The lowest BCUT2D eigenvalue weighted by atomic mass is 9.93. The lowest BCUT2D eigenvalue weighted by Crippen LogP contribution is -2.45. The summed E-state index contributed by atoms with van der Waals surface area (Å²) in [7, 11) is 0. The Morgan fingerprint density at radius 3 is 2.58 bits per heavy atom. The SMILES string of the molecule is CC.CC(C)(C)OC(=O)N1CC(CCCn2nnnc2CN)CC1(C)C. The molecule has 0 bridgehead atoms. The molecule has 0 aliphatic carbocycles. The van der Waals surface area contributed by atoms with E-state index >= 15 is 0 Å². The third-order valence-electron chi connectivity index (χ3n) is 4.34. The number of tetrazole rings is 1. The summed E-state index contributed by atoms with van der Waals surface area (Å²) in [5.74, 6) is 1.17. The number of rotatable bonds is 5. The molecule has 8 nitrogen and oxygen atoms in total. The fraction of sp³-hybridized carbons (Fsp3) is 0.889. The monoisotopic (exact) mass is 368 g/mol. The molecule has 0 radical (unpaired) electrons. The van der Waals surface area contributed by atoms with Crippen molar-refractivity contribution in [3.8, 4) is 0 Å². The average Bonchev–Trinajstić information content (AvgIpc) is 3.11. The van der Waals surface area contributed by atoms with Gasteiger partial charge in [-0.25, -0.2) is 9.48 Å². The van der Waals surface area contributed by atoms with Gasteiger partial charge >= 0.3 is 6.09 Å². The molecule has 1 aliphatic heterocycles. The highest BCUT2D eigenvalue weighted by Gasteiger charge is 2.42. The van der Waals surface area contributed by atoms with E-state index in [9.17, 15) is 4.79 Å². The first kappa shape index (κ1) is 22.3. The number of nitrogens with two attached hydrogens (primary N) is 1. The largest absolute Gasteiger partial charge is 0.444 e. The van der Waals surface area contributed by atoms with Crippen molar-refractivity contribution < 1.29 is 9.53 Å². The fourth-order valence-electron chi connectivity index (χ4n) is 3.29. The van der Waals surface area contributed by atoms with Gasteiger partial charge in [0.2, 0.25) is 0 Å². The van der Waals surface area contributed by atoms with Crippen LogP contribution in [-0.2, 0) is 17.8 Å². The lowest BCUT2D eigenvalue weighted by molar-refractivity contribution is 0.0131. The van der Waals surface area contributed by atoms with Crippen LogP contribution < -0.4 is 5.73 Å². The Balaban J connectivity index is 0.00000163. The molecular weight excluding hydrogens is 332 g/mol. The molecule has 0 aromatic carbocycles. The van der Waals surface area contributed by atoms with Gasteiger partial charge in [0, 0.05) is 18.6 Å². The number of aryl methyl sites for hydroxylation is 1. The van der Waals surface area contributed by atoms with Crippen LogP contribution >= 0.6 is 0 Å². The Labute approximate surface area is 157 Å². The molecule has 1 aromatic rings. The minimum absolute atomic E-state index is 0.176. The Morgan fingerprint density at radius 2 is 2.00 bits per heavy atom. The van der Waals surface area contributed by atoms with E-state index in [1.54, 1.807) is 4.68 Å². The minimum Gasteiger partial charge on any atom is -0.444 e. The minimum atomic E-state index is -0.468. The fourth-order valence-corrected chi connectivity index (χ4v) is 3.29. The van der Waals surface area contributed by atoms with Crippen molar-refractivity contribution in [2.75, 3.05) is 6.54 Å². The molecular formula is C18H36N6O2. The van der Waals surface area contributed by atoms with Gasteiger partial charge in [-0.1, -0.05) is 13.8 Å². The number of hydrogen-bond acceptors (Lipinski definition) is 6. The molecule has 0 spiro atoms. The van der Waals surface area contributed by atoms with E-state index < -0.39 is 5.60 Å². The third-order valence-corrected chi connectivity index (χ3v) is 4.34. The summed E-state index contributed by atoms with van der Waals surface area (Å²) in [5, 5.41) is 11.5. The number of carbonyl (C=O) groups excluding carboxylic acids is 1. The average molecular weight is 369 g/mol. The second-order valence-corrected chi connectivity index (χ2v) is 8.14. The highest BCUT2D eigenvalue weighted by atomic mass is 16.6. The molecule has 1 aliphatic rings. The predicted molar refractivity (Wildman–Crippen MR) is 101 cm³/mol. The van der Waals surface area contributed by atoms with E-state index in [0.717, 1.165) is 32.4 Å². The molecule has 2 rings (SSSR count). The van der Waals surface area contributed by atoms with Crippen LogP contribution in [0.25, 0.3) is 0 Å². The second-order valence-electron chi connectivity index (χ2n) is 8.14. The smallest absolute Gasteiger partial charge is 0.410 e. The summed E-state index contributed by atoms with van der Waals surface area (Å²) in [4.78, 5) is 14.3. The van der Waals surface area contributed by atoms with Crippen LogP contribution in [0.5, 0.6) is 0 Å². The van der Waals surface area contributed by atoms with Crippen molar-refractivity contribution in [2.45, 2.75) is 92.0 Å². The standard InChI is InChI=1S/C16H30N6O2.C2H6/c1-15(2,3)24-14(23)21-11-12(9-16(21,4)5)7-6-8-22-13(10-17)18-19-20-22;1-2/h12H,6-11,17H2,1-5H3;1-2H3. The van der Waals surface area contributed by atoms with Crippen LogP contribution in [-0.4, -0.2) is 48.9 Å². The lowest BCUT2D eigenvalue weighted by Gasteiger charge is -2.33. The van der Waals surface area contributed by atoms with Gasteiger partial charge < -0.3 is 15.4 Å². The number of ether oxygens (including phenoxy) is 1. The van der Waals surface area contributed by atoms with Gasteiger partial charge in [0.05, 0.1) is 6.54 Å². The van der Waals surface area contributed by atoms with E-state index in [0.29, 0.717) is 18.3 Å². The van der Waals surface area contributed by atoms with Crippen molar-refractivity contribution in [3.05, 3.63) is 5.82 Å². The second kappa shape index (κ2) is 9.30. The Bertz CT molecular complexity index is 564. The van der Waals surface area contributed by atoms with E-state index in [1.807, 2.05) is 39.5 Å². The van der Waals surface area contributed by atoms with Crippen LogP contribution in [0.4, 0.5) is 4.79 Å². The molecule has 1 aromatic heterocycles. The van der Waals surface area contributed by atoms with Crippen LogP contribution in [0.2, 0.25) is 0 Å². The van der Waals surface area contributed by atoms with Crippen molar-refractivity contribution in [2.24, 2.45) is 11.7 Å². The summed E-state index contributed by atoms with van der Waals surface area (Å²) in [6, 6.07) is 0. The van der Waals surface area contributed by atoms with E-state index in [2.05, 4.69) is 29.4 Å².